The number of phenolic OH excluding ortho intramolecular Hbond substituents is 1. The number of benzene rings is 2. The molecule has 134 valence electrons. The first-order chi connectivity index (χ1) is 13.1. The van der Waals surface area contributed by atoms with Gasteiger partial charge in [0.2, 0.25) is 0 Å². The summed E-state index contributed by atoms with van der Waals surface area (Å²) in [5.41, 5.74) is 4.91. The number of rotatable bonds is 1. The van der Waals surface area contributed by atoms with Gasteiger partial charge in [0.15, 0.2) is 11.6 Å². The fraction of sp³-hybridized carbons (Fsp3) is 0.182. The summed E-state index contributed by atoms with van der Waals surface area (Å²) in [6.45, 7) is 0. The van der Waals surface area contributed by atoms with Crippen LogP contribution in [-0.4, -0.2) is 16.7 Å². The Kier molecular flexibility index (Phi) is 3.62. The number of Topliss-reactive ketones (excluding diaryl/α,β-unsaturated/α-hetero) is 2. The molecule has 3 aliphatic rings. The quantitative estimate of drug-likeness (QED) is 0.713. The van der Waals surface area contributed by atoms with Crippen molar-refractivity contribution in [3.05, 3.63) is 80.5 Å². The summed E-state index contributed by atoms with van der Waals surface area (Å²) in [7, 11) is 0. The number of nitrogens with one attached hydrogen (secondary N) is 1. The average molecular weight is 422 g/mol. The van der Waals surface area contributed by atoms with E-state index in [2.05, 4.69) is 21.2 Å². The van der Waals surface area contributed by atoms with Crippen LogP contribution < -0.4 is 5.32 Å². The van der Waals surface area contributed by atoms with Crippen molar-refractivity contribution in [2.75, 3.05) is 0 Å². The molecule has 1 heterocycles. The number of phenols is 1. The van der Waals surface area contributed by atoms with Crippen LogP contribution >= 0.6 is 15.9 Å². The fourth-order valence-electron chi connectivity index (χ4n) is 4.40. The molecule has 0 saturated carbocycles. The van der Waals surface area contributed by atoms with Gasteiger partial charge in [-0.1, -0.05) is 40.2 Å². The van der Waals surface area contributed by atoms with Crippen molar-refractivity contribution in [1.82, 2.24) is 5.32 Å². The van der Waals surface area contributed by atoms with Gasteiger partial charge in [0.1, 0.15) is 5.75 Å². The molecule has 2 aromatic carbocycles. The van der Waals surface area contributed by atoms with Gasteiger partial charge in [0.25, 0.3) is 0 Å². The molecule has 0 amide bonds. The zero-order chi connectivity index (χ0) is 18.7. The summed E-state index contributed by atoms with van der Waals surface area (Å²) >= 11 is 3.45. The first-order valence-corrected chi connectivity index (χ1v) is 9.75. The molecule has 0 saturated heterocycles. The minimum atomic E-state index is -0.554. The Hall–Kier alpha value is -2.66. The summed E-state index contributed by atoms with van der Waals surface area (Å²) in [4.78, 5) is 26.1. The lowest BCUT2D eigenvalue weighted by Gasteiger charge is -2.33. The lowest BCUT2D eigenvalue weighted by Crippen LogP contribution is -2.31. The SMILES string of the molecule is O=C1CCCC2=C1C(c1cc(Br)ccc1O)C1=C(N2)c2ccccc2C1=O. The van der Waals surface area contributed by atoms with Crippen LogP contribution in [0.25, 0.3) is 5.70 Å². The molecule has 0 radical (unpaired) electrons. The number of fused-ring (bicyclic) bond motifs is 2. The highest BCUT2D eigenvalue weighted by atomic mass is 79.9. The Balaban J connectivity index is 1.80. The maximum absolute atomic E-state index is 13.3. The van der Waals surface area contributed by atoms with Gasteiger partial charge in [-0.3, -0.25) is 9.59 Å². The highest BCUT2D eigenvalue weighted by molar-refractivity contribution is 9.10. The standard InChI is InChI=1S/C22H16BrNO3/c23-11-8-9-16(25)14(10-11)18-19-15(6-3-7-17(19)26)24-21-12-4-1-2-5-13(12)22(27)20(18)21/h1-2,4-5,8-10,18,24-25H,3,6-7H2. The minimum Gasteiger partial charge on any atom is -0.508 e. The molecule has 2 aliphatic carbocycles. The van der Waals surface area contributed by atoms with E-state index in [1.54, 1.807) is 18.2 Å². The highest BCUT2D eigenvalue weighted by Gasteiger charge is 2.44. The average Bonchev–Trinajstić information content (AvgIpc) is 2.95. The largest absolute Gasteiger partial charge is 0.508 e. The summed E-state index contributed by atoms with van der Waals surface area (Å²) in [5.74, 6) is -0.502. The monoisotopic (exact) mass is 421 g/mol. The van der Waals surface area contributed by atoms with Crippen molar-refractivity contribution in [2.45, 2.75) is 25.2 Å². The van der Waals surface area contributed by atoms with E-state index >= 15 is 0 Å². The molecule has 4 nitrogen and oxygen atoms in total. The van der Waals surface area contributed by atoms with Crippen LogP contribution in [0, 0.1) is 0 Å². The molecule has 0 spiro atoms. The third-order valence-corrected chi connectivity index (χ3v) is 6.06. The van der Waals surface area contributed by atoms with E-state index < -0.39 is 5.92 Å². The van der Waals surface area contributed by atoms with Gasteiger partial charge in [-0.2, -0.15) is 0 Å². The second-order valence-electron chi connectivity index (χ2n) is 7.09. The lowest BCUT2D eigenvalue weighted by molar-refractivity contribution is -0.116. The number of carbonyl (C=O) groups excluding carboxylic acids is 2. The van der Waals surface area contributed by atoms with Crippen molar-refractivity contribution in [1.29, 1.82) is 0 Å². The molecule has 2 N–H and O–H groups in total. The molecular formula is C22H16BrNO3. The summed E-state index contributed by atoms with van der Waals surface area (Å²) in [5, 5.41) is 14.0. The van der Waals surface area contributed by atoms with Gasteiger partial charge in [-0.05, 0) is 31.0 Å². The van der Waals surface area contributed by atoms with Crippen molar-refractivity contribution >= 4 is 33.2 Å². The zero-order valence-electron chi connectivity index (χ0n) is 14.4. The highest BCUT2D eigenvalue weighted by Crippen LogP contribution is 2.50. The molecule has 0 fully saturated rings. The molecule has 1 unspecified atom stereocenters. The summed E-state index contributed by atoms with van der Waals surface area (Å²) < 4.78 is 0.796. The van der Waals surface area contributed by atoms with E-state index in [0.717, 1.165) is 34.3 Å². The van der Waals surface area contributed by atoms with E-state index in [4.69, 9.17) is 0 Å². The van der Waals surface area contributed by atoms with Crippen molar-refractivity contribution < 1.29 is 14.7 Å². The van der Waals surface area contributed by atoms with Crippen LogP contribution in [0.4, 0.5) is 0 Å². The third-order valence-electron chi connectivity index (χ3n) is 5.56. The van der Waals surface area contributed by atoms with Crippen molar-refractivity contribution in [3.63, 3.8) is 0 Å². The Morgan fingerprint density at radius 1 is 1.00 bits per heavy atom. The van der Waals surface area contributed by atoms with Crippen molar-refractivity contribution in [3.8, 4) is 5.75 Å². The van der Waals surface area contributed by atoms with Crippen molar-refractivity contribution in [2.24, 2.45) is 0 Å². The number of dihydropyridines is 1. The number of allylic oxidation sites excluding steroid dienone is 3. The van der Waals surface area contributed by atoms with E-state index in [9.17, 15) is 14.7 Å². The number of ketones is 2. The number of carbonyl (C=O) groups is 2. The number of hydrogen-bond acceptors (Lipinski definition) is 4. The molecule has 5 heteroatoms. The molecule has 0 bridgehead atoms. The fourth-order valence-corrected chi connectivity index (χ4v) is 4.78. The number of hydrogen-bond donors (Lipinski definition) is 2. The van der Waals surface area contributed by atoms with Crippen LogP contribution in [0.1, 0.15) is 46.7 Å². The molecule has 1 atom stereocenters. The van der Waals surface area contributed by atoms with E-state index in [1.807, 2.05) is 24.3 Å². The molecule has 0 aromatic heterocycles. The number of halogens is 1. The Morgan fingerprint density at radius 2 is 1.78 bits per heavy atom. The van der Waals surface area contributed by atoms with Gasteiger partial charge >= 0.3 is 0 Å². The van der Waals surface area contributed by atoms with Gasteiger partial charge in [-0.15, -0.1) is 0 Å². The van der Waals surface area contributed by atoms with Gasteiger partial charge in [0.05, 0.1) is 5.70 Å². The molecular weight excluding hydrogens is 406 g/mol. The van der Waals surface area contributed by atoms with Crippen LogP contribution in [0.3, 0.4) is 0 Å². The number of aromatic hydroxyl groups is 1. The predicted octanol–water partition coefficient (Wildman–Crippen LogP) is 4.46. The Labute approximate surface area is 164 Å². The Bertz CT molecular complexity index is 1100. The smallest absolute Gasteiger partial charge is 0.192 e. The van der Waals surface area contributed by atoms with E-state index in [0.29, 0.717) is 28.7 Å². The molecule has 2 aromatic rings. The third kappa shape index (κ3) is 2.34. The molecule has 1 aliphatic heterocycles. The summed E-state index contributed by atoms with van der Waals surface area (Å²) in [6, 6.07) is 12.6. The van der Waals surface area contributed by atoms with Crippen LogP contribution in [0.15, 0.2) is 63.8 Å². The van der Waals surface area contributed by atoms with Crippen LogP contribution in [-0.2, 0) is 4.79 Å². The zero-order valence-corrected chi connectivity index (χ0v) is 16.0. The predicted molar refractivity (Wildman–Crippen MR) is 105 cm³/mol. The second-order valence-corrected chi connectivity index (χ2v) is 8.01. The maximum Gasteiger partial charge on any atom is 0.192 e. The second kappa shape index (κ2) is 5.92. The van der Waals surface area contributed by atoms with Crippen LogP contribution in [0.2, 0.25) is 0 Å². The topological polar surface area (TPSA) is 66.4 Å². The first-order valence-electron chi connectivity index (χ1n) is 8.96. The normalized spacial score (nSPS) is 21.0. The minimum absolute atomic E-state index is 0.0448. The molecule has 27 heavy (non-hydrogen) atoms. The van der Waals surface area contributed by atoms with Gasteiger partial charge < -0.3 is 10.4 Å². The maximum atomic E-state index is 13.3. The first kappa shape index (κ1) is 16.5. The van der Waals surface area contributed by atoms with Crippen LogP contribution in [0.5, 0.6) is 5.75 Å². The van der Waals surface area contributed by atoms with E-state index in [1.165, 1.54) is 0 Å². The lowest BCUT2D eigenvalue weighted by atomic mass is 9.74. The van der Waals surface area contributed by atoms with Gasteiger partial charge in [-0.25, -0.2) is 0 Å². The van der Waals surface area contributed by atoms with E-state index in [-0.39, 0.29) is 17.3 Å². The van der Waals surface area contributed by atoms with Gasteiger partial charge in [0, 0.05) is 50.3 Å². The summed E-state index contributed by atoms with van der Waals surface area (Å²) in [6.07, 6.45) is 2.02. The Morgan fingerprint density at radius 3 is 2.59 bits per heavy atom. The molecule has 5 rings (SSSR count).